The zero-order chi connectivity index (χ0) is 13.8. The van der Waals surface area contributed by atoms with E-state index in [-0.39, 0.29) is 5.91 Å². The first-order valence-electron chi connectivity index (χ1n) is 6.44. The summed E-state index contributed by atoms with van der Waals surface area (Å²) in [4.78, 5) is 11.9. The second-order valence-corrected chi connectivity index (χ2v) is 4.45. The molecule has 0 aliphatic carbocycles. The number of allylic oxidation sites excluding steroid dienone is 1. The van der Waals surface area contributed by atoms with E-state index >= 15 is 0 Å². The van der Waals surface area contributed by atoms with Crippen LogP contribution in [0.5, 0.6) is 11.5 Å². The highest BCUT2D eigenvalue weighted by Crippen LogP contribution is 2.35. The SMILES string of the molecule is CCC/C=C1\CNC(=O)c2cc(OC)c(OC)cc21. The molecule has 19 heavy (non-hydrogen) atoms. The molecule has 0 saturated heterocycles. The van der Waals surface area contributed by atoms with Crippen LogP contribution < -0.4 is 14.8 Å². The smallest absolute Gasteiger partial charge is 0.252 e. The maximum atomic E-state index is 11.9. The summed E-state index contributed by atoms with van der Waals surface area (Å²) < 4.78 is 10.5. The zero-order valence-electron chi connectivity index (χ0n) is 11.6. The lowest BCUT2D eigenvalue weighted by atomic mass is 9.94. The molecule has 0 spiro atoms. The number of rotatable bonds is 4. The highest BCUT2D eigenvalue weighted by atomic mass is 16.5. The van der Waals surface area contributed by atoms with Gasteiger partial charge in [-0.05, 0) is 29.7 Å². The Morgan fingerprint density at radius 1 is 1.21 bits per heavy atom. The van der Waals surface area contributed by atoms with Crippen molar-refractivity contribution < 1.29 is 14.3 Å². The summed E-state index contributed by atoms with van der Waals surface area (Å²) in [7, 11) is 3.17. The van der Waals surface area contributed by atoms with Crippen molar-refractivity contribution >= 4 is 11.5 Å². The molecule has 1 amide bonds. The number of amides is 1. The molecule has 4 nitrogen and oxygen atoms in total. The fourth-order valence-corrected chi connectivity index (χ4v) is 2.20. The molecule has 0 bridgehead atoms. The number of methoxy groups -OCH3 is 2. The van der Waals surface area contributed by atoms with Crippen LogP contribution in [0.15, 0.2) is 18.2 Å². The first kappa shape index (κ1) is 13.5. The molecular weight excluding hydrogens is 242 g/mol. The van der Waals surface area contributed by atoms with Crippen LogP contribution in [0.4, 0.5) is 0 Å². The summed E-state index contributed by atoms with van der Waals surface area (Å²) in [6.45, 7) is 2.70. The lowest BCUT2D eigenvalue weighted by Crippen LogP contribution is -2.31. The molecule has 0 radical (unpaired) electrons. The van der Waals surface area contributed by atoms with Crippen molar-refractivity contribution in [1.82, 2.24) is 5.32 Å². The number of carbonyl (C=O) groups excluding carboxylic acids is 1. The van der Waals surface area contributed by atoms with E-state index in [4.69, 9.17) is 9.47 Å². The van der Waals surface area contributed by atoms with Gasteiger partial charge in [0.2, 0.25) is 0 Å². The Kier molecular flexibility index (Phi) is 4.10. The summed E-state index contributed by atoms with van der Waals surface area (Å²) in [6, 6.07) is 3.62. The Balaban J connectivity index is 2.53. The number of fused-ring (bicyclic) bond motifs is 1. The van der Waals surface area contributed by atoms with Gasteiger partial charge >= 0.3 is 0 Å². The third-order valence-corrected chi connectivity index (χ3v) is 3.23. The maximum Gasteiger partial charge on any atom is 0.252 e. The van der Waals surface area contributed by atoms with E-state index in [2.05, 4.69) is 18.3 Å². The number of ether oxygens (including phenoxy) is 2. The minimum atomic E-state index is -0.0652. The third kappa shape index (κ3) is 2.57. The molecule has 4 heteroatoms. The van der Waals surface area contributed by atoms with Crippen LogP contribution in [0.3, 0.4) is 0 Å². The normalized spacial score (nSPS) is 15.9. The average Bonchev–Trinajstić information content (AvgIpc) is 2.45. The van der Waals surface area contributed by atoms with Crippen molar-refractivity contribution in [3.8, 4) is 11.5 Å². The second kappa shape index (κ2) is 5.78. The second-order valence-electron chi connectivity index (χ2n) is 4.45. The maximum absolute atomic E-state index is 11.9. The van der Waals surface area contributed by atoms with Crippen LogP contribution in [0.1, 0.15) is 35.7 Å². The van der Waals surface area contributed by atoms with Crippen LogP contribution in [0.25, 0.3) is 5.57 Å². The van der Waals surface area contributed by atoms with Gasteiger partial charge in [0.1, 0.15) is 0 Å². The van der Waals surface area contributed by atoms with Crippen molar-refractivity contribution in [1.29, 1.82) is 0 Å². The van der Waals surface area contributed by atoms with Crippen molar-refractivity contribution in [3.63, 3.8) is 0 Å². The molecule has 1 aromatic rings. The molecule has 0 atom stereocenters. The van der Waals surface area contributed by atoms with E-state index in [1.165, 1.54) is 0 Å². The van der Waals surface area contributed by atoms with E-state index in [1.807, 2.05) is 6.07 Å². The molecule has 2 rings (SSSR count). The van der Waals surface area contributed by atoms with Gasteiger partial charge < -0.3 is 14.8 Å². The summed E-state index contributed by atoms with van der Waals surface area (Å²) in [5.74, 6) is 1.16. The molecule has 1 aromatic carbocycles. The lowest BCUT2D eigenvalue weighted by Gasteiger charge is -2.21. The summed E-state index contributed by atoms with van der Waals surface area (Å²) in [6.07, 6.45) is 4.25. The van der Waals surface area contributed by atoms with Crippen LogP contribution in [-0.4, -0.2) is 26.7 Å². The van der Waals surface area contributed by atoms with Gasteiger partial charge in [-0.3, -0.25) is 4.79 Å². The fraction of sp³-hybridized carbons (Fsp3) is 0.400. The lowest BCUT2D eigenvalue weighted by molar-refractivity contribution is 0.0954. The van der Waals surface area contributed by atoms with Gasteiger partial charge in [-0.1, -0.05) is 19.4 Å². The van der Waals surface area contributed by atoms with Crippen molar-refractivity contribution in [2.75, 3.05) is 20.8 Å². The highest BCUT2D eigenvalue weighted by Gasteiger charge is 2.23. The van der Waals surface area contributed by atoms with Crippen LogP contribution in [-0.2, 0) is 0 Å². The number of hydrogen-bond acceptors (Lipinski definition) is 3. The number of unbranched alkanes of at least 4 members (excludes halogenated alkanes) is 1. The van der Waals surface area contributed by atoms with Gasteiger partial charge in [0.25, 0.3) is 5.91 Å². The van der Waals surface area contributed by atoms with Gasteiger partial charge in [0.15, 0.2) is 11.5 Å². The zero-order valence-corrected chi connectivity index (χ0v) is 11.6. The van der Waals surface area contributed by atoms with Gasteiger partial charge in [-0.2, -0.15) is 0 Å². The highest BCUT2D eigenvalue weighted by molar-refractivity contribution is 6.03. The van der Waals surface area contributed by atoms with E-state index in [1.54, 1.807) is 20.3 Å². The summed E-state index contributed by atoms with van der Waals surface area (Å²) in [5.41, 5.74) is 2.72. The number of benzene rings is 1. The van der Waals surface area contributed by atoms with Crippen molar-refractivity contribution in [3.05, 3.63) is 29.3 Å². The monoisotopic (exact) mass is 261 g/mol. The van der Waals surface area contributed by atoms with E-state index in [9.17, 15) is 4.79 Å². The number of hydrogen-bond donors (Lipinski definition) is 1. The molecule has 1 heterocycles. The molecule has 1 aliphatic rings. The Morgan fingerprint density at radius 3 is 2.42 bits per heavy atom. The molecule has 0 unspecified atom stereocenters. The van der Waals surface area contributed by atoms with Crippen LogP contribution >= 0.6 is 0 Å². The van der Waals surface area contributed by atoms with Crippen LogP contribution in [0.2, 0.25) is 0 Å². The number of nitrogens with one attached hydrogen (secondary N) is 1. The summed E-state index contributed by atoms with van der Waals surface area (Å²) >= 11 is 0. The molecule has 0 aromatic heterocycles. The Labute approximate surface area is 113 Å². The molecule has 0 saturated carbocycles. The van der Waals surface area contributed by atoms with Crippen molar-refractivity contribution in [2.45, 2.75) is 19.8 Å². The predicted molar refractivity (Wildman–Crippen MR) is 74.8 cm³/mol. The quantitative estimate of drug-likeness (QED) is 0.906. The summed E-state index contributed by atoms with van der Waals surface area (Å²) in [5, 5.41) is 2.88. The predicted octanol–water partition coefficient (Wildman–Crippen LogP) is 2.63. The van der Waals surface area contributed by atoms with Gasteiger partial charge in [-0.25, -0.2) is 0 Å². The van der Waals surface area contributed by atoms with Gasteiger partial charge in [0.05, 0.1) is 19.8 Å². The Bertz CT molecular complexity index is 520. The van der Waals surface area contributed by atoms with Gasteiger partial charge in [0, 0.05) is 6.54 Å². The molecule has 1 aliphatic heterocycles. The largest absolute Gasteiger partial charge is 0.493 e. The van der Waals surface area contributed by atoms with Gasteiger partial charge in [-0.15, -0.1) is 0 Å². The average molecular weight is 261 g/mol. The fourth-order valence-electron chi connectivity index (χ4n) is 2.20. The van der Waals surface area contributed by atoms with E-state index in [0.717, 1.165) is 24.0 Å². The molecular formula is C15H19NO3. The molecule has 1 N–H and O–H groups in total. The standard InChI is InChI=1S/C15H19NO3/c1-4-5-6-10-9-16-15(17)12-8-14(19-3)13(18-2)7-11(10)12/h6-8H,4-5,9H2,1-3H3,(H,16,17)/b10-6+. The van der Waals surface area contributed by atoms with E-state index < -0.39 is 0 Å². The van der Waals surface area contributed by atoms with E-state index in [0.29, 0.717) is 23.6 Å². The Hall–Kier alpha value is -1.97. The topological polar surface area (TPSA) is 47.6 Å². The minimum Gasteiger partial charge on any atom is -0.493 e. The number of carbonyl (C=O) groups is 1. The van der Waals surface area contributed by atoms with Crippen molar-refractivity contribution in [2.24, 2.45) is 0 Å². The van der Waals surface area contributed by atoms with Crippen LogP contribution in [0, 0.1) is 0 Å². The third-order valence-electron chi connectivity index (χ3n) is 3.23. The molecule has 0 fully saturated rings. The first-order valence-corrected chi connectivity index (χ1v) is 6.44. The molecule has 102 valence electrons. The minimum absolute atomic E-state index is 0.0652. The Morgan fingerprint density at radius 2 is 1.84 bits per heavy atom. The first-order chi connectivity index (χ1) is 9.21.